The molecular weight excluding hydrogens is 384 g/mol. The van der Waals surface area contributed by atoms with Crippen molar-refractivity contribution in [3.63, 3.8) is 0 Å². The van der Waals surface area contributed by atoms with E-state index in [1.165, 1.54) is 12.3 Å². The third-order valence-corrected chi connectivity index (χ3v) is 4.26. The summed E-state index contributed by atoms with van der Waals surface area (Å²) < 4.78 is 10.1. The molecule has 0 aliphatic heterocycles. The zero-order chi connectivity index (χ0) is 20.7. The number of ether oxygens (including phenoxy) is 1. The van der Waals surface area contributed by atoms with Crippen LogP contribution in [0.25, 0.3) is 0 Å². The van der Waals surface area contributed by atoms with Crippen LogP contribution >= 0.6 is 11.6 Å². The Morgan fingerprint density at radius 2 is 1.86 bits per heavy atom. The molecule has 1 aromatic carbocycles. The summed E-state index contributed by atoms with van der Waals surface area (Å²) in [5, 5.41) is 5.86. The van der Waals surface area contributed by atoms with Gasteiger partial charge in [0, 0.05) is 5.02 Å². The summed E-state index contributed by atoms with van der Waals surface area (Å²) in [6, 6.07) is 8.96. The number of hydrogen-bond donors (Lipinski definition) is 2. The first-order valence-corrected chi connectivity index (χ1v) is 9.21. The van der Waals surface area contributed by atoms with Gasteiger partial charge in [-0.05, 0) is 42.7 Å². The molecule has 0 saturated carbocycles. The number of rotatable bonds is 8. The largest absolute Gasteiger partial charge is 0.459 e. The first-order valence-electron chi connectivity index (χ1n) is 8.83. The van der Waals surface area contributed by atoms with Crippen molar-refractivity contribution in [2.45, 2.75) is 32.9 Å². The van der Waals surface area contributed by atoms with E-state index in [1.54, 1.807) is 45.0 Å². The molecule has 0 bridgehead atoms. The Morgan fingerprint density at radius 3 is 2.46 bits per heavy atom. The van der Waals surface area contributed by atoms with Crippen molar-refractivity contribution >= 4 is 29.4 Å². The Hall–Kier alpha value is -2.80. The van der Waals surface area contributed by atoms with Gasteiger partial charge in [0.15, 0.2) is 12.4 Å². The van der Waals surface area contributed by atoms with Crippen LogP contribution in [0.2, 0.25) is 5.02 Å². The summed E-state index contributed by atoms with van der Waals surface area (Å²) >= 11 is 5.95. The first kappa shape index (κ1) is 21.5. The standard InChI is InChI=1S/C20H23ClN2O5/c1-12(2)18(23-19(25)16-8-5-9-27-16)20(26)28-11-17(24)22-13(3)14-6-4-7-15(21)10-14/h4-10,12-13,18H,11H2,1-3H3,(H,22,24)(H,23,25)/t13-,18+/m1/s1. The minimum atomic E-state index is -0.907. The Labute approximate surface area is 168 Å². The summed E-state index contributed by atoms with van der Waals surface area (Å²) in [5.74, 6) is -1.83. The van der Waals surface area contributed by atoms with Gasteiger partial charge < -0.3 is 19.8 Å². The number of hydrogen-bond acceptors (Lipinski definition) is 5. The monoisotopic (exact) mass is 406 g/mol. The number of furan rings is 1. The average molecular weight is 407 g/mol. The van der Waals surface area contributed by atoms with Crippen LogP contribution in [-0.4, -0.2) is 30.4 Å². The SMILES string of the molecule is CC(C)[C@H](NC(=O)c1ccco1)C(=O)OCC(=O)N[C@H](C)c1cccc(Cl)c1. The molecule has 1 heterocycles. The van der Waals surface area contributed by atoms with Gasteiger partial charge in [-0.3, -0.25) is 9.59 Å². The zero-order valence-electron chi connectivity index (χ0n) is 15.9. The fourth-order valence-corrected chi connectivity index (χ4v) is 2.69. The van der Waals surface area contributed by atoms with Crippen molar-refractivity contribution in [3.05, 3.63) is 59.0 Å². The average Bonchev–Trinajstić information content (AvgIpc) is 3.18. The normalized spacial score (nSPS) is 12.9. The van der Waals surface area contributed by atoms with Crippen LogP contribution in [-0.2, 0) is 14.3 Å². The van der Waals surface area contributed by atoms with E-state index in [1.807, 2.05) is 6.07 Å². The van der Waals surface area contributed by atoms with E-state index in [9.17, 15) is 14.4 Å². The molecule has 8 heteroatoms. The van der Waals surface area contributed by atoms with Gasteiger partial charge in [-0.2, -0.15) is 0 Å². The second-order valence-electron chi connectivity index (χ2n) is 6.62. The molecule has 1 aromatic heterocycles. The first-order chi connectivity index (χ1) is 13.3. The summed E-state index contributed by atoms with van der Waals surface area (Å²) in [6.07, 6.45) is 1.36. The fraction of sp³-hybridized carbons (Fsp3) is 0.350. The summed E-state index contributed by atoms with van der Waals surface area (Å²) in [5.41, 5.74) is 0.831. The Morgan fingerprint density at radius 1 is 1.11 bits per heavy atom. The van der Waals surface area contributed by atoms with E-state index in [2.05, 4.69) is 10.6 Å². The molecule has 0 fully saturated rings. The zero-order valence-corrected chi connectivity index (χ0v) is 16.7. The Balaban J connectivity index is 1.87. The lowest BCUT2D eigenvalue weighted by molar-refractivity contribution is -0.151. The van der Waals surface area contributed by atoms with E-state index in [0.717, 1.165) is 5.56 Å². The lowest BCUT2D eigenvalue weighted by atomic mass is 10.0. The number of esters is 1. The molecule has 0 saturated heterocycles. The maximum atomic E-state index is 12.3. The lowest BCUT2D eigenvalue weighted by Crippen LogP contribution is -2.46. The van der Waals surface area contributed by atoms with Crippen LogP contribution in [0.15, 0.2) is 47.1 Å². The molecule has 28 heavy (non-hydrogen) atoms. The predicted molar refractivity (Wildman–Crippen MR) is 104 cm³/mol. The maximum absolute atomic E-state index is 12.3. The number of carbonyl (C=O) groups excluding carboxylic acids is 3. The minimum absolute atomic E-state index is 0.0894. The number of halogens is 1. The summed E-state index contributed by atoms with van der Waals surface area (Å²) in [4.78, 5) is 36.5. The Kier molecular flexibility index (Phi) is 7.63. The topological polar surface area (TPSA) is 97.6 Å². The van der Waals surface area contributed by atoms with Crippen molar-refractivity contribution in [1.29, 1.82) is 0 Å². The van der Waals surface area contributed by atoms with Crippen molar-refractivity contribution in [3.8, 4) is 0 Å². The summed E-state index contributed by atoms with van der Waals surface area (Å²) in [6.45, 7) is 4.86. The Bertz CT molecular complexity index is 820. The molecule has 2 rings (SSSR count). The predicted octanol–water partition coefficient (Wildman–Crippen LogP) is 3.11. The van der Waals surface area contributed by atoms with Gasteiger partial charge in [0.1, 0.15) is 6.04 Å². The highest BCUT2D eigenvalue weighted by molar-refractivity contribution is 6.30. The van der Waals surface area contributed by atoms with Crippen molar-refractivity contribution < 1.29 is 23.5 Å². The maximum Gasteiger partial charge on any atom is 0.329 e. The van der Waals surface area contributed by atoms with Gasteiger partial charge in [0.25, 0.3) is 11.8 Å². The van der Waals surface area contributed by atoms with Crippen LogP contribution in [0.4, 0.5) is 0 Å². The number of nitrogens with one attached hydrogen (secondary N) is 2. The van der Waals surface area contributed by atoms with Gasteiger partial charge in [-0.1, -0.05) is 37.6 Å². The van der Waals surface area contributed by atoms with Crippen LogP contribution < -0.4 is 10.6 Å². The van der Waals surface area contributed by atoms with E-state index < -0.39 is 30.4 Å². The van der Waals surface area contributed by atoms with Crippen LogP contribution in [0.5, 0.6) is 0 Å². The van der Waals surface area contributed by atoms with Crippen molar-refractivity contribution in [1.82, 2.24) is 10.6 Å². The smallest absolute Gasteiger partial charge is 0.329 e. The van der Waals surface area contributed by atoms with E-state index in [0.29, 0.717) is 5.02 Å². The second kappa shape index (κ2) is 9.94. The third-order valence-electron chi connectivity index (χ3n) is 4.02. The molecular formula is C20H23ClN2O5. The van der Waals surface area contributed by atoms with Crippen LogP contribution in [0, 0.1) is 5.92 Å². The molecule has 2 atom stereocenters. The summed E-state index contributed by atoms with van der Waals surface area (Å²) in [7, 11) is 0. The highest BCUT2D eigenvalue weighted by atomic mass is 35.5. The molecule has 0 radical (unpaired) electrons. The van der Waals surface area contributed by atoms with Crippen LogP contribution in [0.3, 0.4) is 0 Å². The highest BCUT2D eigenvalue weighted by Crippen LogP contribution is 2.17. The van der Waals surface area contributed by atoms with Gasteiger partial charge in [0.2, 0.25) is 0 Å². The van der Waals surface area contributed by atoms with Gasteiger partial charge in [-0.25, -0.2) is 4.79 Å². The molecule has 150 valence electrons. The second-order valence-corrected chi connectivity index (χ2v) is 7.06. The molecule has 0 unspecified atom stereocenters. The number of benzene rings is 1. The lowest BCUT2D eigenvalue weighted by Gasteiger charge is -2.20. The molecule has 2 amide bonds. The molecule has 0 spiro atoms. The van der Waals surface area contributed by atoms with Crippen molar-refractivity contribution in [2.24, 2.45) is 5.92 Å². The minimum Gasteiger partial charge on any atom is -0.459 e. The van der Waals surface area contributed by atoms with Crippen molar-refractivity contribution in [2.75, 3.05) is 6.61 Å². The molecule has 0 aliphatic rings. The third kappa shape index (κ3) is 6.13. The number of amides is 2. The molecule has 2 N–H and O–H groups in total. The quantitative estimate of drug-likeness (QED) is 0.656. The van der Waals surface area contributed by atoms with E-state index >= 15 is 0 Å². The van der Waals surface area contributed by atoms with E-state index in [-0.39, 0.29) is 17.7 Å². The molecule has 7 nitrogen and oxygen atoms in total. The van der Waals surface area contributed by atoms with Crippen LogP contribution in [0.1, 0.15) is 42.9 Å². The highest BCUT2D eigenvalue weighted by Gasteiger charge is 2.27. The fourth-order valence-electron chi connectivity index (χ4n) is 2.49. The van der Waals surface area contributed by atoms with Gasteiger partial charge in [-0.15, -0.1) is 0 Å². The molecule has 0 aliphatic carbocycles. The number of carbonyl (C=O) groups is 3. The van der Waals surface area contributed by atoms with Gasteiger partial charge in [0.05, 0.1) is 12.3 Å². The van der Waals surface area contributed by atoms with Gasteiger partial charge >= 0.3 is 5.97 Å². The molecule has 2 aromatic rings. The van der Waals surface area contributed by atoms with E-state index in [4.69, 9.17) is 20.8 Å².